The van der Waals surface area contributed by atoms with E-state index >= 15 is 0 Å². The molecule has 4 nitrogen and oxygen atoms in total. The lowest BCUT2D eigenvalue weighted by Gasteiger charge is -2.26. The van der Waals surface area contributed by atoms with Gasteiger partial charge in [-0.25, -0.2) is 4.39 Å². The van der Waals surface area contributed by atoms with Crippen molar-refractivity contribution >= 4 is 11.9 Å². The summed E-state index contributed by atoms with van der Waals surface area (Å²) >= 11 is 0. The maximum Gasteiger partial charge on any atom is 0.307 e. The maximum absolute atomic E-state index is 13.8. The molecule has 0 aromatic heterocycles. The van der Waals surface area contributed by atoms with Gasteiger partial charge in [-0.15, -0.1) is 0 Å². The van der Waals surface area contributed by atoms with E-state index in [1.807, 2.05) is 13.8 Å². The van der Waals surface area contributed by atoms with Crippen LogP contribution in [0.2, 0.25) is 0 Å². The molecule has 1 amide bonds. The number of halogens is 1. The molecule has 1 aliphatic carbocycles. The highest BCUT2D eigenvalue weighted by Gasteiger charge is 2.48. The highest BCUT2D eigenvalue weighted by Crippen LogP contribution is 2.38. The Morgan fingerprint density at radius 3 is 2.55 bits per heavy atom. The average Bonchev–Trinajstić information content (AvgIpc) is 3.16. The van der Waals surface area contributed by atoms with Gasteiger partial charge >= 0.3 is 5.97 Å². The fourth-order valence-electron chi connectivity index (χ4n) is 2.30. The van der Waals surface area contributed by atoms with Crippen LogP contribution in [0.25, 0.3) is 0 Å². The van der Waals surface area contributed by atoms with E-state index in [-0.39, 0.29) is 18.3 Å². The fraction of sp³-hybridized carbons (Fsp3) is 0.467. The first-order valence-electron chi connectivity index (χ1n) is 6.58. The third kappa shape index (κ3) is 2.98. The zero-order valence-electron chi connectivity index (χ0n) is 11.5. The molecule has 1 aliphatic rings. The smallest absolute Gasteiger partial charge is 0.307 e. The molecule has 1 aromatic carbocycles. The summed E-state index contributed by atoms with van der Waals surface area (Å²) in [6, 6.07) is 6.46. The molecule has 20 heavy (non-hydrogen) atoms. The summed E-state index contributed by atoms with van der Waals surface area (Å²) in [6.07, 6.45) is 0.390. The first kappa shape index (κ1) is 14.5. The number of amides is 1. The first-order chi connectivity index (χ1) is 9.33. The van der Waals surface area contributed by atoms with Gasteiger partial charge in [0.15, 0.2) is 0 Å². The molecular formula is C15H18FNO3. The summed E-state index contributed by atoms with van der Waals surface area (Å²) < 4.78 is 13.8. The number of benzene rings is 1. The normalized spacial score (nSPS) is 21.4. The van der Waals surface area contributed by atoms with Gasteiger partial charge in [0.05, 0.1) is 11.8 Å². The van der Waals surface area contributed by atoms with Gasteiger partial charge in [0.2, 0.25) is 5.91 Å². The van der Waals surface area contributed by atoms with Crippen LogP contribution in [-0.2, 0) is 15.0 Å². The van der Waals surface area contributed by atoms with E-state index in [1.165, 1.54) is 6.07 Å². The summed E-state index contributed by atoms with van der Waals surface area (Å²) in [5.74, 6) is -2.50. The van der Waals surface area contributed by atoms with E-state index in [0.717, 1.165) is 0 Å². The second kappa shape index (κ2) is 5.23. The van der Waals surface area contributed by atoms with Crippen LogP contribution in [0.3, 0.4) is 0 Å². The topological polar surface area (TPSA) is 66.4 Å². The molecule has 108 valence electrons. The molecule has 0 spiro atoms. The number of carboxylic acids is 1. The van der Waals surface area contributed by atoms with Crippen LogP contribution in [0.15, 0.2) is 24.3 Å². The van der Waals surface area contributed by atoms with Crippen molar-refractivity contribution in [2.45, 2.75) is 25.7 Å². The van der Waals surface area contributed by atoms with Crippen LogP contribution in [0.4, 0.5) is 4.39 Å². The van der Waals surface area contributed by atoms with E-state index in [4.69, 9.17) is 5.11 Å². The van der Waals surface area contributed by atoms with Crippen LogP contribution < -0.4 is 5.32 Å². The second-order valence-corrected chi connectivity index (χ2v) is 5.87. The minimum atomic E-state index is -0.932. The van der Waals surface area contributed by atoms with Crippen molar-refractivity contribution in [3.05, 3.63) is 35.6 Å². The van der Waals surface area contributed by atoms with Gasteiger partial charge in [0.25, 0.3) is 0 Å². The van der Waals surface area contributed by atoms with Crippen LogP contribution in [0, 0.1) is 17.7 Å². The highest BCUT2D eigenvalue weighted by molar-refractivity contribution is 5.89. The number of carboxylic acid groups (broad SMARTS) is 1. The Balaban J connectivity index is 1.95. The van der Waals surface area contributed by atoms with Gasteiger partial charge in [-0.3, -0.25) is 9.59 Å². The Hall–Kier alpha value is -1.91. The summed E-state index contributed by atoms with van der Waals surface area (Å²) in [5.41, 5.74) is -0.0138. The molecule has 2 N–H and O–H groups in total. The first-order valence-corrected chi connectivity index (χ1v) is 6.58. The number of nitrogens with one attached hydrogen (secondary N) is 1. The van der Waals surface area contributed by atoms with Gasteiger partial charge in [0, 0.05) is 12.0 Å². The lowest BCUT2D eigenvalue weighted by molar-refractivity contribution is -0.140. The van der Waals surface area contributed by atoms with Gasteiger partial charge in [-0.1, -0.05) is 32.0 Å². The number of hydrogen-bond donors (Lipinski definition) is 2. The van der Waals surface area contributed by atoms with E-state index < -0.39 is 23.2 Å². The van der Waals surface area contributed by atoms with Crippen molar-refractivity contribution < 1.29 is 19.1 Å². The molecule has 0 saturated heterocycles. The quantitative estimate of drug-likeness (QED) is 0.865. The zero-order chi connectivity index (χ0) is 14.9. The molecule has 2 atom stereocenters. The van der Waals surface area contributed by atoms with Crippen molar-refractivity contribution in [2.24, 2.45) is 11.8 Å². The van der Waals surface area contributed by atoms with Gasteiger partial charge in [-0.05, 0) is 18.1 Å². The Kier molecular flexibility index (Phi) is 3.79. The standard InChI is InChI=1S/C15H18FNO3/c1-15(2,11-5-3-4-6-12(11)16)8-17-13(18)9-7-10(9)14(19)20/h3-6,9-10H,7-8H2,1-2H3,(H,17,18)(H,19,20)/t9-,10+/m0/s1. The molecule has 0 aliphatic heterocycles. The monoisotopic (exact) mass is 279 g/mol. The summed E-state index contributed by atoms with van der Waals surface area (Å²) in [6.45, 7) is 3.95. The van der Waals surface area contributed by atoms with E-state index in [0.29, 0.717) is 12.0 Å². The molecule has 0 bridgehead atoms. The molecule has 0 heterocycles. The molecule has 1 fully saturated rings. The summed E-state index contributed by atoms with van der Waals surface area (Å²) in [4.78, 5) is 22.5. The van der Waals surface area contributed by atoms with Crippen molar-refractivity contribution in [3.8, 4) is 0 Å². The molecule has 0 radical (unpaired) electrons. The Labute approximate surface area is 117 Å². The van der Waals surface area contributed by atoms with Crippen molar-refractivity contribution in [2.75, 3.05) is 6.54 Å². The van der Waals surface area contributed by atoms with E-state index in [1.54, 1.807) is 18.2 Å². The predicted octanol–water partition coefficient (Wildman–Crippen LogP) is 1.94. The van der Waals surface area contributed by atoms with Crippen LogP contribution in [0.5, 0.6) is 0 Å². The van der Waals surface area contributed by atoms with Gasteiger partial charge in [0.1, 0.15) is 5.82 Å². The van der Waals surface area contributed by atoms with Crippen LogP contribution in [0.1, 0.15) is 25.8 Å². The van der Waals surface area contributed by atoms with Crippen molar-refractivity contribution in [1.82, 2.24) is 5.32 Å². The number of hydrogen-bond acceptors (Lipinski definition) is 2. The van der Waals surface area contributed by atoms with Gasteiger partial charge < -0.3 is 10.4 Å². The molecule has 1 saturated carbocycles. The lowest BCUT2D eigenvalue weighted by atomic mass is 9.84. The van der Waals surface area contributed by atoms with Gasteiger partial charge in [-0.2, -0.15) is 0 Å². The van der Waals surface area contributed by atoms with E-state index in [9.17, 15) is 14.0 Å². The molecule has 0 unspecified atom stereocenters. The lowest BCUT2D eigenvalue weighted by Crippen LogP contribution is -2.38. The number of aliphatic carboxylic acids is 1. The molecular weight excluding hydrogens is 261 g/mol. The molecule has 5 heteroatoms. The number of carbonyl (C=O) groups excluding carboxylic acids is 1. The van der Waals surface area contributed by atoms with Crippen molar-refractivity contribution in [1.29, 1.82) is 0 Å². The molecule has 2 rings (SSSR count). The summed E-state index contributed by atoms with van der Waals surface area (Å²) in [5, 5.41) is 11.5. The second-order valence-electron chi connectivity index (χ2n) is 5.87. The van der Waals surface area contributed by atoms with Crippen molar-refractivity contribution in [3.63, 3.8) is 0 Å². The third-order valence-corrected chi connectivity index (χ3v) is 3.75. The maximum atomic E-state index is 13.8. The Morgan fingerprint density at radius 2 is 2.00 bits per heavy atom. The third-order valence-electron chi connectivity index (χ3n) is 3.75. The minimum Gasteiger partial charge on any atom is -0.481 e. The highest BCUT2D eigenvalue weighted by atomic mass is 19.1. The predicted molar refractivity (Wildman–Crippen MR) is 71.7 cm³/mol. The zero-order valence-corrected chi connectivity index (χ0v) is 11.5. The number of carbonyl (C=O) groups is 2. The molecule has 1 aromatic rings. The Bertz CT molecular complexity index is 542. The SMILES string of the molecule is CC(C)(CNC(=O)[C@H]1C[C@H]1C(=O)O)c1ccccc1F. The van der Waals surface area contributed by atoms with E-state index in [2.05, 4.69) is 5.32 Å². The fourth-order valence-corrected chi connectivity index (χ4v) is 2.30. The minimum absolute atomic E-state index is 0.262. The van der Waals surface area contributed by atoms with Crippen LogP contribution in [-0.4, -0.2) is 23.5 Å². The Morgan fingerprint density at radius 1 is 1.35 bits per heavy atom. The van der Waals surface area contributed by atoms with Crippen LogP contribution >= 0.6 is 0 Å². The average molecular weight is 279 g/mol. The number of rotatable bonds is 5. The largest absolute Gasteiger partial charge is 0.481 e. The summed E-state index contributed by atoms with van der Waals surface area (Å²) in [7, 11) is 0.